The second-order valence-corrected chi connectivity index (χ2v) is 6.87. The van der Waals surface area contributed by atoms with Crippen LogP contribution in [0, 0.1) is 0 Å². The Hall–Kier alpha value is -3.20. The lowest BCUT2D eigenvalue weighted by atomic mass is 9.70. The minimum absolute atomic E-state index is 0.216. The molecule has 0 atom stereocenters. The maximum absolute atomic E-state index is 11.8. The van der Waals surface area contributed by atoms with E-state index in [0.29, 0.717) is 30.4 Å². The molecule has 1 aromatic carbocycles. The van der Waals surface area contributed by atoms with E-state index in [2.05, 4.69) is 20.4 Å². The number of nitrogens with two attached hydrogens (primary N) is 2. The summed E-state index contributed by atoms with van der Waals surface area (Å²) in [6.07, 6.45) is 1.44. The summed E-state index contributed by atoms with van der Waals surface area (Å²) in [6, 6.07) is 5.62. The van der Waals surface area contributed by atoms with Crippen LogP contribution in [-0.4, -0.2) is 48.4 Å². The average Bonchev–Trinajstić information content (AvgIpc) is 2.68. The molecular formula is C19H24N6O3. The zero-order valence-corrected chi connectivity index (χ0v) is 16.2. The van der Waals surface area contributed by atoms with Crippen molar-refractivity contribution in [2.24, 2.45) is 10.9 Å². The van der Waals surface area contributed by atoms with Crippen LogP contribution in [0.25, 0.3) is 11.3 Å². The van der Waals surface area contributed by atoms with Crippen LogP contribution in [0.1, 0.15) is 25.0 Å². The molecule has 0 spiro atoms. The first-order valence-corrected chi connectivity index (χ1v) is 8.87. The van der Waals surface area contributed by atoms with Crippen molar-refractivity contribution in [2.75, 3.05) is 32.5 Å². The summed E-state index contributed by atoms with van der Waals surface area (Å²) in [5.41, 5.74) is 14.7. The second kappa shape index (κ2) is 7.81. The largest absolute Gasteiger partial charge is 0.497 e. The number of carbonyl (C=O) groups excluding carboxylic acids is 1. The van der Waals surface area contributed by atoms with Crippen molar-refractivity contribution in [2.45, 2.75) is 19.3 Å². The van der Waals surface area contributed by atoms with E-state index in [9.17, 15) is 4.79 Å². The molecule has 9 nitrogen and oxygen atoms in total. The van der Waals surface area contributed by atoms with Crippen LogP contribution in [0.4, 0.5) is 5.82 Å². The SMILES string of the molecule is COc1ccc2c(c1)/C(=N\OCC(=O)NCCN)C(C)(C)c1c(N)ncnc1-2. The molecule has 0 aliphatic heterocycles. The fourth-order valence-electron chi connectivity index (χ4n) is 3.31. The van der Waals surface area contributed by atoms with Gasteiger partial charge in [0.05, 0.1) is 18.5 Å². The van der Waals surface area contributed by atoms with Gasteiger partial charge >= 0.3 is 0 Å². The summed E-state index contributed by atoms with van der Waals surface area (Å²) < 4.78 is 5.37. The van der Waals surface area contributed by atoms with Crippen LogP contribution in [0.3, 0.4) is 0 Å². The zero-order valence-electron chi connectivity index (χ0n) is 16.2. The van der Waals surface area contributed by atoms with Gasteiger partial charge in [-0.1, -0.05) is 5.16 Å². The molecule has 0 unspecified atom stereocenters. The number of fused-ring (bicyclic) bond motifs is 3. The smallest absolute Gasteiger partial charge is 0.260 e. The maximum atomic E-state index is 11.8. The number of hydrogen-bond donors (Lipinski definition) is 3. The van der Waals surface area contributed by atoms with Crippen molar-refractivity contribution in [3.8, 4) is 17.0 Å². The number of carbonyl (C=O) groups is 1. The number of nitrogens with one attached hydrogen (secondary N) is 1. The Labute approximate surface area is 163 Å². The number of oxime groups is 1. The molecule has 0 bridgehead atoms. The summed E-state index contributed by atoms with van der Waals surface area (Å²) in [7, 11) is 1.60. The van der Waals surface area contributed by atoms with Crippen molar-refractivity contribution in [3.05, 3.63) is 35.7 Å². The first kappa shape index (κ1) is 19.6. The number of nitrogens with zero attached hydrogens (tertiary/aromatic N) is 3. The number of methoxy groups -OCH3 is 1. The van der Waals surface area contributed by atoms with E-state index in [4.69, 9.17) is 21.0 Å². The molecule has 148 valence electrons. The van der Waals surface area contributed by atoms with Gasteiger partial charge in [-0.05, 0) is 32.0 Å². The highest BCUT2D eigenvalue weighted by Crippen LogP contribution is 2.45. The summed E-state index contributed by atoms with van der Waals surface area (Å²) in [5, 5.41) is 6.93. The van der Waals surface area contributed by atoms with Gasteiger partial charge in [0.1, 0.15) is 17.9 Å². The summed E-state index contributed by atoms with van der Waals surface area (Å²) in [4.78, 5) is 25.7. The van der Waals surface area contributed by atoms with Gasteiger partial charge in [0.15, 0.2) is 6.61 Å². The van der Waals surface area contributed by atoms with E-state index in [1.807, 2.05) is 32.0 Å². The minimum Gasteiger partial charge on any atom is -0.497 e. The lowest BCUT2D eigenvalue weighted by Crippen LogP contribution is -2.36. The Kier molecular flexibility index (Phi) is 5.46. The Balaban J connectivity index is 2.05. The van der Waals surface area contributed by atoms with Crippen LogP contribution in [-0.2, 0) is 15.0 Å². The molecule has 9 heteroatoms. The standard InChI is InChI=1S/C19H24N6O3/c1-19(2)15-16(23-10-24-18(15)21)12-5-4-11(27-3)8-13(12)17(19)25-28-9-14(26)22-7-6-20/h4-5,8,10H,6-7,9,20H2,1-3H3,(H,22,26)(H2,21,23,24)/b25-17+. The van der Waals surface area contributed by atoms with Crippen LogP contribution in [0.5, 0.6) is 5.75 Å². The van der Waals surface area contributed by atoms with Crippen LogP contribution >= 0.6 is 0 Å². The zero-order chi connectivity index (χ0) is 20.3. The lowest BCUT2D eigenvalue weighted by molar-refractivity contribution is -0.125. The highest BCUT2D eigenvalue weighted by atomic mass is 16.6. The van der Waals surface area contributed by atoms with E-state index < -0.39 is 5.41 Å². The van der Waals surface area contributed by atoms with Crippen LogP contribution in [0.15, 0.2) is 29.7 Å². The normalized spacial score (nSPS) is 15.5. The number of aromatic nitrogens is 2. The van der Waals surface area contributed by atoms with Gasteiger partial charge in [-0.3, -0.25) is 4.79 Å². The van der Waals surface area contributed by atoms with Gasteiger partial charge < -0.3 is 26.4 Å². The lowest BCUT2D eigenvalue weighted by Gasteiger charge is -2.34. The molecule has 0 saturated heterocycles. The van der Waals surface area contributed by atoms with E-state index in [1.54, 1.807) is 7.11 Å². The van der Waals surface area contributed by atoms with Gasteiger partial charge in [-0.2, -0.15) is 0 Å². The van der Waals surface area contributed by atoms with E-state index in [1.165, 1.54) is 6.33 Å². The van der Waals surface area contributed by atoms with E-state index in [0.717, 1.165) is 22.4 Å². The van der Waals surface area contributed by atoms with Crippen LogP contribution in [0.2, 0.25) is 0 Å². The predicted octanol–water partition coefficient (Wildman–Crippen LogP) is 0.821. The molecule has 1 aliphatic carbocycles. The van der Waals surface area contributed by atoms with Crippen molar-refractivity contribution >= 4 is 17.4 Å². The van der Waals surface area contributed by atoms with E-state index in [-0.39, 0.29) is 12.5 Å². The quantitative estimate of drug-likeness (QED) is 0.627. The molecule has 0 radical (unpaired) electrons. The first-order valence-electron chi connectivity index (χ1n) is 8.87. The number of ether oxygens (including phenoxy) is 1. The van der Waals surface area contributed by atoms with Gasteiger partial charge in [-0.15, -0.1) is 0 Å². The number of benzene rings is 1. The fraction of sp³-hybridized carbons (Fsp3) is 0.368. The molecule has 1 aromatic heterocycles. The average molecular weight is 384 g/mol. The Morgan fingerprint density at radius 1 is 1.29 bits per heavy atom. The second-order valence-electron chi connectivity index (χ2n) is 6.87. The Morgan fingerprint density at radius 3 is 2.79 bits per heavy atom. The highest BCUT2D eigenvalue weighted by molar-refractivity contribution is 6.15. The molecule has 1 amide bonds. The molecular weight excluding hydrogens is 360 g/mol. The van der Waals surface area contributed by atoms with Gasteiger partial charge in [0.25, 0.3) is 5.91 Å². The van der Waals surface area contributed by atoms with Gasteiger partial charge in [0.2, 0.25) is 0 Å². The monoisotopic (exact) mass is 384 g/mol. The minimum atomic E-state index is -0.645. The number of hydrogen-bond acceptors (Lipinski definition) is 8. The fourth-order valence-corrected chi connectivity index (χ4v) is 3.31. The number of nitrogen functional groups attached to an aromatic ring is 1. The molecule has 3 rings (SSSR count). The summed E-state index contributed by atoms with van der Waals surface area (Å²) in [5.74, 6) is 0.760. The maximum Gasteiger partial charge on any atom is 0.260 e. The summed E-state index contributed by atoms with van der Waals surface area (Å²) >= 11 is 0. The topological polar surface area (TPSA) is 138 Å². The first-order chi connectivity index (χ1) is 13.4. The summed E-state index contributed by atoms with van der Waals surface area (Å²) in [6.45, 7) is 4.45. The molecule has 28 heavy (non-hydrogen) atoms. The molecule has 2 aromatic rings. The van der Waals surface area contributed by atoms with Gasteiger partial charge in [0, 0.05) is 35.2 Å². The van der Waals surface area contributed by atoms with Gasteiger partial charge in [-0.25, -0.2) is 9.97 Å². The van der Waals surface area contributed by atoms with E-state index >= 15 is 0 Å². The molecule has 0 saturated carbocycles. The third-order valence-corrected chi connectivity index (χ3v) is 4.65. The van der Waals surface area contributed by atoms with Crippen molar-refractivity contribution < 1.29 is 14.4 Å². The molecule has 1 aliphatic rings. The van der Waals surface area contributed by atoms with Crippen molar-refractivity contribution in [1.29, 1.82) is 0 Å². The highest BCUT2D eigenvalue weighted by Gasteiger charge is 2.40. The predicted molar refractivity (Wildman–Crippen MR) is 106 cm³/mol. The number of anilines is 1. The number of rotatable bonds is 6. The number of amides is 1. The molecule has 1 heterocycles. The van der Waals surface area contributed by atoms with Crippen molar-refractivity contribution in [3.63, 3.8) is 0 Å². The Morgan fingerprint density at radius 2 is 2.07 bits per heavy atom. The molecule has 0 fully saturated rings. The van der Waals surface area contributed by atoms with Crippen molar-refractivity contribution in [1.82, 2.24) is 15.3 Å². The Bertz CT molecular complexity index is 926. The molecule has 5 N–H and O–H groups in total. The third-order valence-electron chi connectivity index (χ3n) is 4.65. The third kappa shape index (κ3) is 3.48. The van der Waals surface area contributed by atoms with Crippen LogP contribution < -0.4 is 21.5 Å².